The molecule has 1 aromatic heterocycles. The molecule has 1 rings (SSSR count). The Morgan fingerprint density at radius 3 is 2.88 bits per heavy atom. The van der Waals surface area contributed by atoms with Crippen LogP contribution in [0.4, 0.5) is 4.79 Å². The van der Waals surface area contributed by atoms with Gasteiger partial charge in [0.15, 0.2) is 0 Å². The van der Waals surface area contributed by atoms with Crippen molar-refractivity contribution >= 4 is 6.03 Å². The first-order chi connectivity index (χ1) is 7.63. The minimum Gasteiger partial charge on any atom is -0.352 e. The van der Waals surface area contributed by atoms with Gasteiger partial charge in [-0.05, 0) is 12.5 Å². The number of aromatic nitrogens is 2. The molecule has 6 heteroatoms. The summed E-state index contributed by atoms with van der Waals surface area (Å²) in [6.07, 6.45) is 0.942. The van der Waals surface area contributed by atoms with Crippen LogP contribution in [-0.4, -0.2) is 28.9 Å². The van der Waals surface area contributed by atoms with Crippen molar-refractivity contribution in [3.63, 3.8) is 0 Å². The predicted octanol–water partition coefficient (Wildman–Crippen LogP) is -0.260. The fraction of sp³-hybridized carbons (Fsp3) is 0.600. The molecule has 0 aliphatic rings. The van der Waals surface area contributed by atoms with Crippen LogP contribution in [0.5, 0.6) is 0 Å². The highest BCUT2D eigenvalue weighted by atomic mass is 16.2. The number of hydrogen-bond acceptors (Lipinski definition) is 3. The lowest BCUT2D eigenvalue weighted by Gasteiger charge is -2.05. The number of aryl methyl sites for hydroxylation is 2. The Hall–Kier alpha value is -1.56. The molecule has 0 saturated heterocycles. The van der Waals surface area contributed by atoms with E-state index in [0.29, 0.717) is 13.1 Å². The minimum atomic E-state index is -0.490. The van der Waals surface area contributed by atoms with Crippen molar-refractivity contribution in [1.29, 1.82) is 0 Å². The van der Waals surface area contributed by atoms with Crippen LogP contribution in [0.3, 0.4) is 0 Å². The van der Waals surface area contributed by atoms with Gasteiger partial charge in [-0.2, -0.15) is 5.10 Å². The predicted molar refractivity (Wildman–Crippen MR) is 61.9 cm³/mol. The van der Waals surface area contributed by atoms with Gasteiger partial charge < -0.3 is 16.4 Å². The van der Waals surface area contributed by atoms with Crippen molar-refractivity contribution < 1.29 is 4.79 Å². The van der Waals surface area contributed by atoms with Gasteiger partial charge >= 0.3 is 6.03 Å². The monoisotopic (exact) mass is 225 g/mol. The second-order valence-corrected chi connectivity index (χ2v) is 3.57. The molecule has 0 aliphatic carbocycles. The van der Waals surface area contributed by atoms with Gasteiger partial charge in [0.2, 0.25) is 0 Å². The molecule has 4 N–H and O–H groups in total. The molecule has 0 aliphatic heterocycles. The Morgan fingerprint density at radius 1 is 1.56 bits per heavy atom. The largest absolute Gasteiger partial charge is 0.352 e. The van der Waals surface area contributed by atoms with Crippen LogP contribution in [0.25, 0.3) is 0 Å². The van der Waals surface area contributed by atoms with Crippen LogP contribution in [0.1, 0.15) is 18.3 Å². The number of nitrogens with zero attached hydrogens (tertiary/aromatic N) is 2. The van der Waals surface area contributed by atoms with E-state index in [-0.39, 0.29) is 0 Å². The first-order valence-electron chi connectivity index (χ1n) is 5.39. The van der Waals surface area contributed by atoms with Crippen molar-refractivity contribution in [1.82, 2.24) is 20.4 Å². The minimum absolute atomic E-state index is 0.490. The van der Waals surface area contributed by atoms with Gasteiger partial charge in [-0.15, -0.1) is 0 Å². The zero-order chi connectivity index (χ0) is 12.0. The second kappa shape index (κ2) is 6.12. The standard InChI is InChI=1S/C10H19N5O/c1-3-8-6-9(15(2)14-8)7-12-4-5-13-10(11)16/h6,12H,3-5,7H2,1-2H3,(H3,11,13,16). The van der Waals surface area contributed by atoms with Crippen LogP contribution in [0, 0.1) is 0 Å². The van der Waals surface area contributed by atoms with Gasteiger partial charge in [-0.1, -0.05) is 6.92 Å². The summed E-state index contributed by atoms with van der Waals surface area (Å²) in [5.41, 5.74) is 7.17. The summed E-state index contributed by atoms with van der Waals surface area (Å²) in [5.74, 6) is 0. The molecule has 0 unspecified atom stereocenters. The second-order valence-electron chi connectivity index (χ2n) is 3.57. The zero-order valence-electron chi connectivity index (χ0n) is 9.79. The molecule has 1 heterocycles. The average molecular weight is 225 g/mol. The van der Waals surface area contributed by atoms with Crippen LogP contribution < -0.4 is 16.4 Å². The summed E-state index contributed by atoms with van der Waals surface area (Å²) in [5, 5.41) is 10.1. The quantitative estimate of drug-likeness (QED) is 0.583. The Bertz CT molecular complexity index is 347. The van der Waals surface area contributed by atoms with Crippen LogP contribution in [0.2, 0.25) is 0 Å². The molecule has 1 aromatic rings. The van der Waals surface area contributed by atoms with Crippen molar-refractivity contribution in [3.8, 4) is 0 Å². The van der Waals surface area contributed by atoms with Gasteiger partial charge in [0.1, 0.15) is 0 Å². The molecule has 2 amide bonds. The number of rotatable bonds is 6. The molecule has 0 aromatic carbocycles. The van der Waals surface area contributed by atoms with E-state index in [4.69, 9.17) is 5.73 Å². The lowest BCUT2D eigenvalue weighted by Crippen LogP contribution is -2.35. The third-order valence-corrected chi connectivity index (χ3v) is 2.30. The van der Waals surface area contributed by atoms with Gasteiger partial charge in [0.05, 0.1) is 11.4 Å². The average Bonchev–Trinajstić information content (AvgIpc) is 2.59. The fourth-order valence-corrected chi connectivity index (χ4v) is 1.40. The number of amides is 2. The normalized spacial score (nSPS) is 10.4. The fourth-order valence-electron chi connectivity index (χ4n) is 1.40. The van der Waals surface area contributed by atoms with E-state index in [9.17, 15) is 4.79 Å². The van der Waals surface area contributed by atoms with E-state index >= 15 is 0 Å². The number of nitrogens with one attached hydrogen (secondary N) is 2. The summed E-state index contributed by atoms with van der Waals surface area (Å²) < 4.78 is 1.87. The molecule has 16 heavy (non-hydrogen) atoms. The van der Waals surface area contributed by atoms with Crippen LogP contribution >= 0.6 is 0 Å². The molecule has 0 saturated carbocycles. The van der Waals surface area contributed by atoms with Crippen LogP contribution in [0.15, 0.2) is 6.07 Å². The maximum atomic E-state index is 10.4. The van der Waals surface area contributed by atoms with Crippen molar-refractivity contribution in [2.24, 2.45) is 12.8 Å². The molecule has 90 valence electrons. The smallest absolute Gasteiger partial charge is 0.312 e. The van der Waals surface area contributed by atoms with Gasteiger partial charge in [-0.3, -0.25) is 4.68 Å². The summed E-state index contributed by atoms with van der Waals surface area (Å²) >= 11 is 0. The maximum Gasteiger partial charge on any atom is 0.312 e. The molecule has 6 nitrogen and oxygen atoms in total. The number of carbonyl (C=O) groups is 1. The molecule has 0 bridgehead atoms. The summed E-state index contributed by atoms with van der Waals surface area (Å²) in [7, 11) is 1.93. The van der Waals surface area contributed by atoms with Gasteiger partial charge in [0, 0.05) is 26.7 Å². The molecular formula is C10H19N5O. The lowest BCUT2D eigenvalue weighted by molar-refractivity contribution is 0.249. The van der Waals surface area contributed by atoms with Crippen molar-refractivity contribution in [3.05, 3.63) is 17.5 Å². The molecule has 0 radical (unpaired) electrons. The number of urea groups is 1. The summed E-state index contributed by atoms with van der Waals surface area (Å²) in [6.45, 7) is 4.05. The van der Waals surface area contributed by atoms with Crippen molar-refractivity contribution in [2.45, 2.75) is 19.9 Å². The Kier molecular flexibility index (Phi) is 4.78. The van der Waals surface area contributed by atoms with E-state index in [2.05, 4.69) is 28.7 Å². The SMILES string of the molecule is CCc1cc(CNCCNC(N)=O)n(C)n1. The molecular weight excluding hydrogens is 206 g/mol. The van der Waals surface area contributed by atoms with E-state index in [1.165, 1.54) is 0 Å². The van der Waals surface area contributed by atoms with Crippen molar-refractivity contribution in [2.75, 3.05) is 13.1 Å². The van der Waals surface area contributed by atoms with E-state index in [0.717, 1.165) is 24.4 Å². The number of carbonyl (C=O) groups excluding carboxylic acids is 1. The van der Waals surface area contributed by atoms with E-state index < -0.39 is 6.03 Å². The number of nitrogens with two attached hydrogens (primary N) is 1. The third kappa shape index (κ3) is 3.90. The highest BCUT2D eigenvalue weighted by molar-refractivity contribution is 5.71. The van der Waals surface area contributed by atoms with E-state index in [1.54, 1.807) is 0 Å². The Morgan fingerprint density at radius 2 is 2.31 bits per heavy atom. The highest BCUT2D eigenvalue weighted by Gasteiger charge is 2.02. The zero-order valence-corrected chi connectivity index (χ0v) is 9.79. The highest BCUT2D eigenvalue weighted by Crippen LogP contribution is 2.02. The maximum absolute atomic E-state index is 10.4. The first kappa shape index (κ1) is 12.5. The molecule has 0 fully saturated rings. The summed E-state index contributed by atoms with van der Waals surface area (Å²) in [6, 6.07) is 1.59. The third-order valence-electron chi connectivity index (χ3n) is 2.30. The topological polar surface area (TPSA) is 85.0 Å². The number of primary amides is 1. The molecule has 0 spiro atoms. The van der Waals surface area contributed by atoms with Gasteiger partial charge in [0.25, 0.3) is 0 Å². The van der Waals surface area contributed by atoms with Crippen LogP contribution in [-0.2, 0) is 20.0 Å². The Labute approximate surface area is 95.2 Å². The Balaban J connectivity index is 2.26. The lowest BCUT2D eigenvalue weighted by atomic mass is 10.3. The van der Waals surface area contributed by atoms with Gasteiger partial charge in [-0.25, -0.2) is 4.79 Å². The van der Waals surface area contributed by atoms with E-state index in [1.807, 2.05) is 11.7 Å². The number of hydrogen-bond donors (Lipinski definition) is 3. The molecule has 0 atom stereocenters. The first-order valence-corrected chi connectivity index (χ1v) is 5.39. The summed E-state index contributed by atoms with van der Waals surface area (Å²) in [4.78, 5) is 10.4.